The van der Waals surface area contributed by atoms with Crippen molar-refractivity contribution in [3.63, 3.8) is 0 Å². The summed E-state index contributed by atoms with van der Waals surface area (Å²) in [6.45, 7) is 1.68. The molecule has 0 saturated heterocycles. The summed E-state index contributed by atoms with van der Waals surface area (Å²) in [7, 11) is 0. The van der Waals surface area contributed by atoms with Crippen LogP contribution in [0.1, 0.15) is 22.8 Å². The van der Waals surface area contributed by atoms with Crippen LogP contribution < -0.4 is 10.1 Å². The molecule has 0 saturated carbocycles. The van der Waals surface area contributed by atoms with E-state index in [0.717, 1.165) is 3.57 Å². The Morgan fingerprint density at radius 2 is 1.81 bits per heavy atom. The maximum atomic E-state index is 12.4. The molecule has 2 aromatic carbocycles. The normalized spacial score (nSPS) is 16.7. The third-order valence-corrected chi connectivity index (χ3v) is 4.00. The molecule has 106 valence electrons. The Balaban J connectivity index is 1.93. The lowest BCUT2D eigenvalue weighted by atomic mass is 10.0. The molecule has 3 rings (SSSR count). The number of halogens is 1. The van der Waals surface area contributed by atoms with Crippen molar-refractivity contribution >= 4 is 40.0 Å². The van der Waals surface area contributed by atoms with Gasteiger partial charge in [-0.25, -0.2) is 0 Å². The molecule has 0 bridgehead atoms. The molecule has 0 aliphatic carbocycles. The monoisotopic (exact) mass is 393 g/mol. The van der Waals surface area contributed by atoms with Crippen LogP contribution in [0.25, 0.3) is 0 Å². The molecule has 1 amide bonds. The molecule has 21 heavy (non-hydrogen) atoms. The number of ether oxygens (including phenoxy) is 1. The van der Waals surface area contributed by atoms with E-state index >= 15 is 0 Å². The van der Waals surface area contributed by atoms with Gasteiger partial charge in [0.2, 0.25) is 0 Å². The average molecular weight is 393 g/mol. The first-order chi connectivity index (χ1) is 10.0. The van der Waals surface area contributed by atoms with E-state index < -0.39 is 6.10 Å². The first kappa shape index (κ1) is 14.1. The third kappa shape index (κ3) is 2.78. The minimum absolute atomic E-state index is 0.0814. The minimum Gasteiger partial charge on any atom is -0.479 e. The summed E-state index contributed by atoms with van der Waals surface area (Å²) in [5.74, 6) is 0.296. The van der Waals surface area contributed by atoms with Gasteiger partial charge in [0.15, 0.2) is 11.9 Å². The quantitative estimate of drug-likeness (QED) is 0.630. The molecule has 1 aliphatic rings. The average Bonchev–Trinajstić information content (AvgIpc) is 2.48. The molecule has 5 heteroatoms. The summed E-state index contributed by atoms with van der Waals surface area (Å²) in [6, 6.07) is 12.4. The highest BCUT2D eigenvalue weighted by Gasteiger charge is 2.24. The fourth-order valence-corrected chi connectivity index (χ4v) is 2.48. The number of hydrogen-bond donors (Lipinski definition) is 1. The van der Waals surface area contributed by atoms with Crippen LogP contribution in [-0.2, 0) is 4.79 Å². The molecule has 0 spiro atoms. The number of anilines is 1. The second-order valence-electron chi connectivity index (χ2n) is 4.80. The van der Waals surface area contributed by atoms with Crippen LogP contribution in [-0.4, -0.2) is 17.8 Å². The van der Waals surface area contributed by atoms with Crippen molar-refractivity contribution in [1.82, 2.24) is 0 Å². The van der Waals surface area contributed by atoms with Crippen molar-refractivity contribution in [2.75, 3.05) is 5.32 Å². The highest BCUT2D eigenvalue weighted by atomic mass is 127. The summed E-state index contributed by atoms with van der Waals surface area (Å²) >= 11 is 2.19. The van der Waals surface area contributed by atoms with Gasteiger partial charge in [-0.05, 0) is 72.0 Å². The lowest BCUT2D eigenvalue weighted by Gasteiger charge is -2.23. The Kier molecular flexibility index (Phi) is 3.67. The van der Waals surface area contributed by atoms with Gasteiger partial charge in [-0.3, -0.25) is 9.59 Å². The highest BCUT2D eigenvalue weighted by Crippen LogP contribution is 2.31. The predicted molar refractivity (Wildman–Crippen MR) is 87.8 cm³/mol. The van der Waals surface area contributed by atoms with E-state index in [1.54, 1.807) is 37.3 Å². The van der Waals surface area contributed by atoms with Crippen LogP contribution in [0.2, 0.25) is 0 Å². The standard InChI is InChI=1S/C16H12INO3/c1-9-16(20)18-13-8-11(4-7-14(13)21-9)15(19)10-2-5-12(17)6-3-10/h2-9H,1H3,(H,18,20). The van der Waals surface area contributed by atoms with E-state index in [2.05, 4.69) is 27.9 Å². The second kappa shape index (κ2) is 5.48. The zero-order valence-corrected chi connectivity index (χ0v) is 13.4. The Labute approximate surface area is 135 Å². The molecule has 2 aromatic rings. The molecule has 0 aromatic heterocycles. The highest BCUT2D eigenvalue weighted by molar-refractivity contribution is 14.1. The van der Waals surface area contributed by atoms with Crippen LogP contribution >= 0.6 is 22.6 Å². The van der Waals surface area contributed by atoms with Crippen molar-refractivity contribution in [1.29, 1.82) is 0 Å². The van der Waals surface area contributed by atoms with Crippen molar-refractivity contribution < 1.29 is 14.3 Å². The Morgan fingerprint density at radius 3 is 2.52 bits per heavy atom. The van der Waals surface area contributed by atoms with E-state index in [0.29, 0.717) is 22.6 Å². The summed E-state index contributed by atoms with van der Waals surface area (Å²) in [5.41, 5.74) is 1.68. The number of carbonyl (C=O) groups is 2. The van der Waals surface area contributed by atoms with Gasteiger partial charge in [0.1, 0.15) is 5.75 Å². The first-order valence-electron chi connectivity index (χ1n) is 6.46. The van der Waals surface area contributed by atoms with Crippen LogP contribution in [0, 0.1) is 3.57 Å². The van der Waals surface area contributed by atoms with Crippen LogP contribution in [0.15, 0.2) is 42.5 Å². The lowest BCUT2D eigenvalue weighted by Crippen LogP contribution is -2.34. The van der Waals surface area contributed by atoms with Gasteiger partial charge < -0.3 is 10.1 Å². The summed E-state index contributed by atoms with van der Waals surface area (Å²) in [4.78, 5) is 24.1. The lowest BCUT2D eigenvalue weighted by molar-refractivity contribution is -0.122. The van der Waals surface area contributed by atoms with Gasteiger partial charge in [-0.15, -0.1) is 0 Å². The number of fused-ring (bicyclic) bond motifs is 1. The first-order valence-corrected chi connectivity index (χ1v) is 7.54. The Bertz CT molecular complexity index is 725. The number of nitrogens with one attached hydrogen (secondary N) is 1. The van der Waals surface area contributed by atoms with Crippen LogP contribution in [0.3, 0.4) is 0 Å². The maximum absolute atomic E-state index is 12.4. The van der Waals surface area contributed by atoms with Gasteiger partial charge in [0.05, 0.1) is 5.69 Å². The van der Waals surface area contributed by atoms with Crippen LogP contribution in [0.4, 0.5) is 5.69 Å². The molecule has 0 fully saturated rings. The van der Waals surface area contributed by atoms with Gasteiger partial charge in [-0.1, -0.05) is 0 Å². The van der Waals surface area contributed by atoms with Gasteiger partial charge >= 0.3 is 0 Å². The zero-order chi connectivity index (χ0) is 15.0. The summed E-state index contributed by atoms with van der Waals surface area (Å²) in [5, 5.41) is 2.75. The van der Waals surface area contributed by atoms with E-state index in [9.17, 15) is 9.59 Å². The topological polar surface area (TPSA) is 55.4 Å². The maximum Gasteiger partial charge on any atom is 0.265 e. The smallest absolute Gasteiger partial charge is 0.265 e. The largest absolute Gasteiger partial charge is 0.479 e. The number of rotatable bonds is 2. The summed E-state index contributed by atoms with van der Waals surface area (Å²) in [6.07, 6.45) is -0.518. The fraction of sp³-hybridized carbons (Fsp3) is 0.125. The SMILES string of the molecule is CC1Oc2ccc(C(=O)c3ccc(I)cc3)cc2NC1=O. The molecule has 1 aliphatic heterocycles. The van der Waals surface area contributed by atoms with E-state index in [4.69, 9.17) is 4.74 Å². The number of carbonyl (C=O) groups excluding carboxylic acids is 2. The summed E-state index contributed by atoms with van der Waals surface area (Å²) < 4.78 is 6.55. The molecule has 0 radical (unpaired) electrons. The second-order valence-corrected chi connectivity index (χ2v) is 6.04. The Hall–Kier alpha value is -1.89. The van der Waals surface area contributed by atoms with Crippen molar-refractivity contribution in [2.45, 2.75) is 13.0 Å². The molecular weight excluding hydrogens is 381 g/mol. The van der Waals surface area contributed by atoms with Gasteiger partial charge in [0.25, 0.3) is 5.91 Å². The zero-order valence-electron chi connectivity index (χ0n) is 11.2. The number of hydrogen-bond acceptors (Lipinski definition) is 3. The molecule has 1 N–H and O–H groups in total. The van der Waals surface area contributed by atoms with Crippen molar-refractivity contribution in [3.05, 3.63) is 57.2 Å². The number of ketones is 1. The van der Waals surface area contributed by atoms with Crippen molar-refractivity contribution in [2.24, 2.45) is 0 Å². The molecular formula is C16H12INO3. The van der Waals surface area contributed by atoms with E-state index in [-0.39, 0.29) is 11.7 Å². The van der Waals surface area contributed by atoms with Crippen molar-refractivity contribution in [3.8, 4) is 5.75 Å². The number of amides is 1. The van der Waals surface area contributed by atoms with Crippen LogP contribution in [0.5, 0.6) is 5.75 Å². The third-order valence-electron chi connectivity index (χ3n) is 3.28. The van der Waals surface area contributed by atoms with E-state index in [1.807, 2.05) is 12.1 Å². The molecule has 1 atom stereocenters. The molecule has 1 unspecified atom stereocenters. The van der Waals surface area contributed by atoms with Gasteiger partial charge in [0, 0.05) is 14.7 Å². The van der Waals surface area contributed by atoms with Gasteiger partial charge in [-0.2, -0.15) is 0 Å². The molecule has 1 heterocycles. The number of benzene rings is 2. The Morgan fingerprint density at radius 1 is 1.14 bits per heavy atom. The minimum atomic E-state index is -0.518. The van der Waals surface area contributed by atoms with E-state index in [1.165, 1.54) is 0 Å². The predicted octanol–water partition coefficient (Wildman–Crippen LogP) is 3.24. The molecule has 4 nitrogen and oxygen atoms in total. The fourth-order valence-electron chi connectivity index (χ4n) is 2.12.